The van der Waals surface area contributed by atoms with Gasteiger partial charge in [-0.15, -0.1) is 0 Å². The summed E-state index contributed by atoms with van der Waals surface area (Å²) in [6, 6.07) is 1.43. The van der Waals surface area contributed by atoms with Crippen molar-refractivity contribution >= 4 is 29.6 Å². The molecule has 15 heavy (non-hydrogen) atoms. The molecule has 0 aromatic carbocycles. The largest absolute Gasteiger partial charge is 0.383 e. The van der Waals surface area contributed by atoms with Crippen molar-refractivity contribution in [3.8, 4) is 0 Å². The van der Waals surface area contributed by atoms with Gasteiger partial charge in [0.2, 0.25) is 5.16 Å². The smallest absolute Gasteiger partial charge is 0.318 e. The van der Waals surface area contributed by atoms with E-state index in [9.17, 15) is 4.79 Å². The van der Waals surface area contributed by atoms with Gasteiger partial charge in [-0.1, -0.05) is 6.92 Å². The van der Waals surface area contributed by atoms with E-state index in [4.69, 9.17) is 15.7 Å². The Balaban J connectivity index is 2.54. The lowest BCUT2D eigenvalue weighted by atomic mass is 10.4. The summed E-state index contributed by atoms with van der Waals surface area (Å²) in [5.41, 5.74) is 10.9. The molecule has 0 saturated carbocycles. The molecule has 0 fully saturated rings. The Bertz CT molecular complexity index is 338. The molecule has 6 nitrogen and oxygen atoms in total. The van der Waals surface area contributed by atoms with E-state index in [2.05, 4.69) is 9.97 Å². The van der Waals surface area contributed by atoms with Crippen molar-refractivity contribution in [2.24, 2.45) is 0 Å². The molecule has 82 valence electrons. The summed E-state index contributed by atoms with van der Waals surface area (Å²) >= 11 is 0.765. The number of anilines is 2. The van der Waals surface area contributed by atoms with E-state index in [1.54, 1.807) is 0 Å². The summed E-state index contributed by atoms with van der Waals surface area (Å²) in [5, 5.41) is 0.233. The van der Waals surface area contributed by atoms with Crippen LogP contribution in [-0.4, -0.2) is 15.9 Å². The Kier molecular flexibility index (Phi) is 4.17. The van der Waals surface area contributed by atoms with Crippen LogP contribution in [0.5, 0.6) is 0 Å². The lowest BCUT2D eigenvalue weighted by Gasteiger charge is -2.02. The van der Waals surface area contributed by atoms with E-state index in [0.717, 1.165) is 18.5 Å². The van der Waals surface area contributed by atoms with Gasteiger partial charge in [0.15, 0.2) is 0 Å². The fraction of sp³-hybridized carbons (Fsp3) is 0.375. The van der Waals surface area contributed by atoms with Crippen LogP contribution >= 0.6 is 12.0 Å². The normalized spacial score (nSPS) is 9.93. The van der Waals surface area contributed by atoms with Gasteiger partial charge in [0.25, 0.3) is 0 Å². The second kappa shape index (κ2) is 5.40. The number of hydrogen-bond acceptors (Lipinski definition) is 7. The van der Waals surface area contributed by atoms with Gasteiger partial charge in [-0.3, -0.25) is 4.79 Å². The van der Waals surface area contributed by atoms with Crippen LogP contribution in [0.2, 0.25) is 0 Å². The van der Waals surface area contributed by atoms with Gasteiger partial charge in [0, 0.05) is 12.5 Å². The lowest BCUT2D eigenvalue weighted by Crippen LogP contribution is -2.02. The molecule has 0 aliphatic carbocycles. The molecule has 4 N–H and O–H groups in total. The summed E-state index contributed by atoms with van der Waals surface area (Å²) in [6.07, 6.45) is 1.10. The highest BCUT2D eigenvalue weighted by molar-refractivity contribution is 7.94. The van der Waals surface area contributed by atoms with Crippen LogP contribution in [-0.2, 0) is 8.98 Å². The van der Waals surface area contributed by atoms with Gasteiger partial charge in [-0.2, -0.15) is 0 Å². The molecular weight excluding hydrogens is 216 g/mol. The average molecular weight is 228 g/mol. The molecule has 1 aromatic heterocycles. The first-order chi connectivity index (χ1) is 7.11. The molecule has 0 spiro atoms. The second-order valence-corrected chi connectivity index (χ2v) is 3.49. The Labute approximate surface area is 91.6 Å². The Morgan fingerprint density at radius 1 is 1.47 bits per heavy atom. The lowest BCUT2D eigenvalue weighted by molar-refractivity contribution is -0.133. The maximum atomic E-state index is 11.0. The van der Waals surface area contributed by atoms with Crippen molar-refractivity contribution in [1.82, 2.24) is 9.97 Å². The van der Waals surface area contributed by atoms with E-state index in [0.29, 0.717) is 6.42 Å². The summed E-state index contributed by atoms with van der Waals surface area (Å²) in [6.45, 7) is 1.89. The van der Waals surface area contributed by atoms with Crippen LogP contribution in [0.4, 0.5) is 11.6 Å². The van der Waals surface area contributed by atoms with Gasteiger partial charge in [-0.25, -0.2) is 9.97 Å². The predicted molar refractivity (Wildman–Crippen MR) is 57.7 cm³/mol. The number of nitrogens with two attached hydrogens (primary N) is 2. The van der Waals surface area contributed by atoms with Crippen molar-refractivity contribution in [3.63, 3.8) is 0 Å². The quantitative estimate of drug-likeness (QED) is 0.585. The van der Waals surface area contributed by atoms with Crippen molar-refractivity contribution in [2.75, 3.05) is 11.5 Å². The Morgan fingerprint density at radius 2 is 2.07 bits per heavy atom. The van der Waals surface area contributed by atoms with Gasteiger partial charge in [-0.05, 0) is 6.42 Å². The van der Waals surface area contributed by atoms with E-state index >= 15 is 0 Å². The molecule has 1 rings (SSSR count). The van der Waals surface area contributed by atoms with Gasteiger partial charge >= 0.3 is 5.97 Å². The van der Waals surface area contributed by atoms with Crippen LogP contribution in [0, 0.1) is 0 Å². The van der Waals surface area contributed by atoms with E-state index in [1.807, 2.05) is 6.92 Å². The number of carbonyl (C=O) groups excluding carboxylic acids is 1. The highest BCUT2D eigenvalue weighted by Gasteiger charge is 2.06. The summed E-state index contributed by atoms with van der Waals surface area (Å²) in [4.78, 5) is 18.7. The third kappa shape index (κ3) is 4.03. The molecule has 7 heteroatoms. The number of nitrogens with zero attached hydrogens (tertiary/aromatic N) is 2. The number of carbonyl (C=O) groups is 1. The number of rotatable bonds is 4. The highest BCUT2D eigenvalue weighted by atomic mass is 32.2. The van der Waals surface area contributed by atoms with E-state index < -0.39 is 0 Å². The summed E-state index contributed by atoms with van der Waals surface area (Å²) < 4.78 is 4.82. The number of aromatic nitrogens is 2. The zero-order chi connectivity index (χ0) is 11.3. The first-order valence-electron chi connectivity index (χ1n) is 4.39. The molecule has 0 saturated heterocycles. The maximum absolute atomic E-state index is 11.0. The molecule has 1 aromatic rings. The fourth-order valence-corrected chi connectivity index (χ4v) is 1.36. The van der Waals surface area contributed by atoms with Crippen LogP contribution in [0.15, 0.2) is 11.2 Å². The first-order valence-corrected chi connectivity index (χ1v) is 5.13. The minimum atomic E-state index is -0.313. The van der Waals surface area contributed by atoms with Crippen molar-refractivity contribution in [2.45, 2.75) is 24.9 Å². The molecule has 0 aliphatic heterocycles. The van der Waals surface area contributed by atoms with Crippen LogP contribution < -0.4 is 11.5 Å². The highest BCUT2D eigenvalue weighted by Crippen LogP contribution is 2.18. The van der Waals surface area contributed by atoms with Crippen molar-refractivity contribution < 1.29 is 8.98 Å². The maximum Gasteiger partial charge on any atom is 0.318 e. The SMILES string of the molecule is CCCC(=O)OSc1nc(N)cc(N)n1. The fourth-order valence-electron chi connectivity index (χ4n) is 0.829. The molecule has 0 aliphatic rings. The number of hydrogen-bond donors (Lipinski definition) is 2. The average Bonchev–Trinajstić information content (AvgIpc) is 2.14. The van der Waals surface area contributed by atoms with Crippen LogP contribution in [0.25, 0.3) is 0 Å². The minimum absolute atomic E-state index is 0.233. The number of nitrogen functional groups attached to an aromatic ring is 2. The first kappa shape index (κ1) is 11.6. The third-order valence-electron chi connectivity index (χ3n) is 1.41. The van der Waals surface area contributed by atoms with Gasteiger partial charge in [0.05, 0.1) is 0 Å². The molecule has 0 unspecified atom stereocenters. The van der Waals surface area contributed by atoms with E-state index in [-0.39, 0.29) is 22.8 Å². The standard InChI is InChI=1S/C8H12N4O2S/c1-2-3-7(13)14-15-8-11-5(9)4-6(10)12-8/h4H,2-3H2,1H3,(H4,9,10,11,12). The zero-order valence-electron chi connectivity index (χ0n) is 8.27. The predicted octanol–water partition coefficient (Wildman–Crippen LogP) is 0.991. The molecule has 0 bridgehead atoms. The van der Waals surface area contributed by atoms with Crippen molar-refractivity contribution in [1.29, 1.82) is 0 Å². The third-order valence-corrected chi connectivity index (χ3v) is 2.01. The van der Waals surface area contributed by atoms with Crippen LogP contribution in [0.1, 0.15) is 19.8 Å². The molecule has 1 heterocycles. The van der Waals surface area contributed by atoms with E-state index in [1.165, 1.54) is 6.07 Å². The van der Waals surface area contributed by atoms with Crippen LogP contribution in [0.3, 0.4) is 0 Å². The molecule has 0 atom stereocenters. The Hall–Kier alpha value is -1.50. The second-order valence-electron chi connectivity index (χ2n) is 2.79. The molecule has 0 radical (unpaired) electrons. The van der Waals surface area contributed by atoms with Crippen molar-refractivity contribution in [3.05, 3.63) is 6.07 Å². The van der Waals surface area contributed by atoms with Gasteiger partial charge < -0.3 is 15.7 Å². The Morgan fingerprint density at radius 3 is 2.60 bits per heavy atom. The monoisotopic (exact) mass is 228 g/mol. The molecular formula is C8H12N4O2S. The minimum Gasteiger partial charge on any atom is -0.383 e. The summed E-state index contributed by atoms with van der Waals surface area (Å²) in [7, 11) is 0. The van der Waals surface area contributed by atoms with Gasteiger partial charge in [0.1, 0.15) is 23.7 Å². The zero-order valence-corrected chi connectivity index (χ0v) is 9.08. The molecule has 0 amide bonds. The topological polar surface area (TPSA) is 104 Å². The summed E-state index contributed by atoms with van der Waals surface area (Å²) in [5.74, 6) is 0.181.